The van der Waals surface area contributed by atoms with Crippen LogP contribution < -0.4 is 5.32 Å². The minimum Gasteiger partial charge on any atom is -0.373 e. The lowest BCUT2D eigenvalue weighted by Gasteiger charge is -2.29. The topological polar surface area (TPSA) is 53.6 Å². The van der Waals surface area contributed by atoms with E-state index in [1.54, 1.807) is 7.05 Å². The Bertz CT molecular complexity index is 645. The van der Waals surface area contributed by atoms with Crippen molar-refractivity contribution < 1.29 is 4.39 Å². The Hall–Kier alpha value is -1.91. The average Bonchev–Trinajstić information content (AvgIpc) is 2.79. The van der Waals surface area contributed by atoms with Crippen molar-refractivity contribution in [3.05, 3.63) is 29.3 Å². The summed E-state index contributed by atoms with van der Waals surface area (Å²) in [5.41, 5.74) is 4.33. The molecule has 2 N–H and O–H groups in total. The van der Waals surface area contributed by atoms with E-state index in [-0.39, 0.29) is 0 Å². The number of pyridine rings is 1. The molecule has 0 atom stereocenters. The molecule has 0 unspecified atom stereocenters. The van der Waals surface area contributed by atoms with Crippen molar-refractivity contribution >= 4 is 5.82 Å². The summed E-state index contributed by atoms with van der Waals surface area (Å²) in [4.78, 5) is 3.78. The normalized spacial score (nSPS) is 16.8. The maximum Gasteiger partial charge on any atom is 0.215 e. The summed E-state index contributed by atoms with van der Waals surface area (Å²) in [6.07, 6.45) is 3.09. The van der Waals surface area contributed by atoms with Crippen LogP contribution in [0.25, 0.3) is 11.3 Å². The number of hydrogen-bond acceptors (Lipinski definition) is 3. The first-order chi connectivity index (χ1) is 9.48. The first-order valence-corrected chi connectivity index (χ1v) is 6.90. The molecule has 0 bridgehead atoms. The van der Waals surface area contributed by atoms with Gasteiger partial charge in [0.05, 0.1) is 5.69 Å². The molecular weight excluding hydrogens is 255 g/mol. The minimum absolute atomic E-state index is 0.302. The first kappa shape index (κ1) is 13.1. The lowest BCUT2D eigenvalue weighted by Crippen LogP contribution is -2.21. The Balaban J connectivity index is 2.04. The van der Waals surface area contributed by atoms with Gasteiger partial charge in [-0.1, -0.05) is 13.8 Å². The fourth-order valence-corrected chi connectivity index (χ4v) is 2.85. The zero-order valence-corrected chi connectivity index (χ0v) is 12.0. The van der Waals surface area contributed by atoms with E-state index in [1.807, 2.05) is 6.07 Å². The molecule has 5 heteroatoms. The summed E-state index contributed by atoms with van der Waals surface area (Å²) in [6.45, 7) is 4.53. The fourth-order valence-electron chi connectivity index (χ4n) is 2.85. The molecule has 2 aromatic heterocycles. The van der Waals surface area contributed by atoms with Gasteiger partial charge in [0.1, 0.15) is 5.82 Å². The second-order valence-corrected chi connectivity index (χ2v) is 6.18. The molecular formula is C15H19FN4. The molecule has 2 aromatic rings. The molecule has 0 aliphatic heterocycles. The van der Waals surface area contributed by atoms with Crippen LogP contribution >= 0.6 is 0 Å². The summed E-state index contributed by atoms with van der Waals surface area (Å²) in [7, 11) is 1.73. The van der Waals surface area contributed by atoms with Crippen LogP contribution in [0.15, 0.2) is 12.1 Å². The maximum absolute atomic E-state index is 13.6. The number of nitrogens with zero attached hydrogens (tertiary/aromatic N) is 2. The number of rotatable bonds is 2. The Kier molecular flexibility index (Phi) is 3.00. The van der Waals surface area contributed by atoms with Crippen molar-refractivity contribution in [3.63, 3.8) is 0 Å². The molecule has 0 saturated heterocycles. The number of aromatic amines is 1. The van der Waals surface area contributed by atoms with Crippen molar-refractivity contribution in [1.29, 1.82) is 0 Å². The van der Waals surface area contributed by atoms with Crippen LogP contribution in [0.3, 0.4) is 0 Å². The molecule has 0 aromatic carbocycles. The van der Waals surface area contributed by atoms with Crippen LogP contribution in [0, 0.1) is 11.4 Å². The van der Waals surface area contributed by atoms with Crippen LogP contribution in [0.5, 0.6) is 0 Å². The molecule has 106 valence electrons. The molecule has 0 amide bonds. The van der Waals surface area contributed by atoms with Gasteiger partial charge in [0.15, 0.2) is 0 Å². The molecule has 0 saturated carbocycles. The van der Waals surface area contributed by atoms with Gasteiger partial charge in [-0.15, -0.1) is 0 Å². The molecule has 20 heavy (non-hydrogen) atoms. The Morgan fingerprint density at radius 2 is 2.15 bits per heavy atom. The van der Waals surface area contributed by atoms with Gasteiger partial charge in [-0.3, -0.25) is 5.10 Å². The van der Waals surface area contributed by atoms with Crippen molar-refractivity contribution in [3.8, 4) is 11.3 Å². The predicted molar refractivity (Wildman–Crippen MR) is 77.1 cm³/mol. The number of hydrogen-bond donors (Lipinski definition) is 2. The van der Waals surface area contributed by atoms with E-state index >= 15 is 0 Å². The summed E-state index contributed by atoms with van der Waals surface area (Å²) >= 11 is 0. The van der Waals surface area contributed by atoms with E-state index < -0.39 is 5.95 Å². The van der Waals surface area contributed by atoms with E-state index in [0.29, 0.717) is 11.2 Å². The largest absolute Gasteiger partial charge is 0.373 e. The molecule has 2 heterocycles. The summed E-state index contributed by atoms with van der Waals surface area (Å²) in [5, 5.41) is 10.4. The number of anilines is 1. The number of fused-ring (bicyclic) bond motifs is 1. The van der Waals surface area contributed by atoms with Gasteiger partial charge in [-0.2, -0.15) is 9.49 Å². The van der Waals surface area contributed by atoms with Gasteiger partial charge in [-0.05, 0) is 30.7 Å². The zero-order chi connectivity index (χ0) is 14.3. The Labute approximate surface area is 117 Å². The molecule has 0 spiro atoms. The SMILES string of the molecule is CNc1cc(-c2n[nH]c3c2CCC(C)(C)C3)cc(F)n1. The highest BCUT2D eigenvalue weighted by Gasteiger charge is 2.29. The quantitative estimate of drug-likeness (QED) is 0.827. The molecule has 0 radical (unpaired) electrons. The molecule has 1 aliphatic carbocycles. The first-order valence-electron chi connectivity index (χ1n) is 6.90. The molecule has 4 nitrogen and oxygen atoms in total. The summed E-state index contributed by atoms with van der Waals surface area (Å²) in [6, 6.07) is 3.27. The lowest BCUT2D eigenvalue weighted by atomic mass is 9.76. The highest BCUT2D eigenvalue weighted by atomic mass is 19.1. The summed E-state index contributed by atoms with van der Waals surface area (Å²) in [5.74, 6) is 0.0348. The van der Waals surface area contributed by atoms with Crippen molar-refractivity contribution in [1.82, 2.24) is 15.2 Å². The van der Waals surface area contributed by atoms with Gasteiger partial charge < -0.3 is 5.32 Å². The Morgan fingerprint density at radius 3 is 2.90 bits per heavy atom. The monoisotopic (exact) mass is 274 g/mol. The smallest absolute Gasteiger partial charge is 0.215 e. The van der Waals surface area contributed by atoms with Crippen LogP contribution in [0.1, 0.15) is 31.5 Å². The number of nitrogens with one attached hydrogen (secondary N) is 2. The fraction of sp³-hybridized carbons (Fsp3) is 0.467. The van der Waals surface area contributed by atoms with Gasteiger partial charge in [0, 0.05) is 29.9 Å². The third-order valence-electron chi connectivity index (χ3n) is 3.98. The van der Waals surface area contributed by atoms with Crippen LogP contribution in [-0.4, -0.2) is 22.2 Å². The molecule has 3 rings (SSSR count). The number of aromatic nitrogens is 3. The second-order valence-electron chi connectivity index (χ2n) is 6.18. The second kappa shape index (κ2) is 4.58. The van der Waals surface area contributed by atoms with Gasteiger partial charge >= 0.3 is 0 Å². The van der Waals surface area contributed by atoms with Crippen molar-refractivity contribution in [2.75, 3.05) is 12.4 Å². The predicted octanol–water partition coefficient (Wildman–Crippen LogP) is 3.17. The van der Waals surface area contributed by atoms with Crippen molar-refractivity contribution in [2.45, 2.75) is 33.1 Å². The van der Waals surface area contributed by atoms with E-state index in [4.69, 9.17) is 0 Å². The lowest BCUT2D eigenvalue weighted by molar-refractivity contribution is 0.312. The van der Waals surface area contributed by atoms with E-state index in [2.05, 4.69) is 34.3 Å². The highest BCUT2D eigenvalue weighted by Crippen LogP contribution is 2.38. The minimum atomic E-state index is -0.486. The molecule has 0 fully saturated rings. The third kappa shape index (κ3) is 2.28. The van der Waals surface area contributed by atoms with Crippen molar-refractivity contribution in [2.24, 2.45) is 5.41 Å². The number of halogens is 1. The van der Waals surface area contributed by atoms with E-state index in [9.17, 15) is 4.39 Å². The molecule has 1 aliphatic rings. The standard InChI is InChI=1S/C15H19FN4/c1-15(2)5-4-10-11(8-15)19-20-14(10)9-6-12(16)18-13(7-9)17-3/h6-7H,4-5,8H2,1-3H3,(H,17,18)(H,19,20). The summed E-state index contributed by atoms with van der Waals surface area (Å²) < 4.78 is 13.6. The van der Waals surface area contributed by atoms with Gasteiger partial charge in [0.2, 0.25) is 5.95 Å². The average molecular weight is 274 g/mol. The van der Waals surface area contributed by atoms with Gasteiger partial charge in [-0.25, -0.2) is 4.98 Å². The van der Waals surface area contributed by atoms with Crippen LogP contribution in [0.2, 0.25) is 0 Å². The van der Waals surface area contributed by atoms with Crippen LogP contribution in [-0.2, 0) is 12.8 Å². The van der Waals surface area contributed by atoms with E-state index in [0.717, 1.165) is 30.5 Å². The van der Waals surface area contributed by atoms with Gasteiger partial charge in [0.25, 0.3) is 0 Å². The zero-order valence-electron chi connectivity index (χ0n) is 12.0. The maximum atomic E-state index is 13.6. The Morgan fingerprint density at radius 1 is 1.35 bits per heavy atom. The van der Waals surface area contributed by atoms with E-state index in [1.165, 1.54) is 17.3 Å². The van der Waals surface area contributed by atoms with Crippen LogP contribution in [0.4, 0.5) is 10.2 Å². The third-order valence-corrected chi connectivity index (χ3v) is 3.98. The highest BCUT2D eigenvalue weighted by molar-refractivity contribution is 5.67. The number of H-pyrrole nitrogens is 1.